The molecule has 1 aliphatic carbocycles. The number of benzene rings is 1. The lowest BCUT2D eigenvalue weighted by Crippen LogP contribution is -2.18. The Morgan fingerprint density at radius 2 is 2.20 bits per heavy atom. The molecule has 2 aromatic rings. The van der Waals surface area contributed by atoms with E-state index in [4.69, 9.17) is 5.73 Å². The van der Waals surface area contributed by atoms with Crippen molar-refractivity contribution in [2.24, 2.45) is 0 Å². The first-order valence-electron chi connectivity index (χ1n) is 5.23. The number of nitrogens with two attached hydrogens (primary N) is 1. The van der Waals surface area contributed by atoms with Gasteiger partial charge in [0.2, 0.25) is 5.95 Å². The number of aromatic hydroxyl groups is 1. The molecule has 0 radical (unpaired) electrons. The van der Waals surface area contributed by atoms with E-state index in [-0.39, 0.29) is 5.75 Å². The van der Waals surface area contributed by atoms with Crippen LogP contribution < -0.4 is 5.73 Å². The standard InChI is InChI=1S/C11H13N3O/c12-11-13-8-5-2-6-9(15)10(8)14(11)7-3-1-4-7/h2,5-7,15H,1,3-4H2,(H2,12,13). The van der Waals surface area contributed by atoms with Crippen molar-refractivity contribution in [1.29, 1.82) is 0 Å². The number of imidazole rings is 1. The molecule has 1 aromatic carbocycles. The van der Waals surface area contributed by atoms with Gasteiger partial charge < -0.3 is 15.4 Å². The van der Waals surface area contributed by atoms with E-state index >= 15 is 0 Å². The molecular weight excluding hydrogens is 190 g/mol. The van der Waals surface area contributed by atoms with E-state index in [2.05, 4.69) is 4.98 Å². The predicted molar refractivity (Wildman–Crippen MR) is 58.7 cm³/mol. The Labute approximate surface area is 87.3 Å². The molecule has 0 spiro atoms. The average molecular weight is 203 g/mol. The molecule has 4 heteroatoms. The van der Waals surface area contributed by atoms with E-state index in [1.165, 1.54) is 6.42 Å². The molecule has 1 heterocycles. The molecule has 0 bridgehead atoms. The Balaban J connectivity index is 2.30. The first-order valence-corrected chi connectivity index (χ1v) is 5.23. The molecule has 78 valence electrons. The van der Waals surface area contributed by atoms with Crippen molar-refractivity contribution in [2.75, 3.05) is 5.73 Å². The predicted octanol–water partition coefficient (Wildman–Crippen LogP) is 2.05. The van der Waals surface area contributed by atoms with Crippen LogP contribution in [0, 0.1) is 0 Å². The third kappa shape index (κ3) is 1.11. The van der Waals surface area contributed by atoms with E-state index in [0.29, 0.717) is 12.0 Å². The summed E-state index contributed by atoms with van der Waals surface area (Å²) in [6.07, 6.45) is 3.49. The maximum Gasteiger partial charge on any atom is 0.201 e. The lowest BCUT2D eigenvalue weighted by molar-refractivity contribution is 0.322. The minimum atomic E-state index is 0.267. The smallest absolute Gasteiger partial charge is 0.201 e. The van der Waals surface area contributed by atoms with Gasteiger partial charge in [-0.05, 0) is 31.4 Å². The molecule has 1 aromatic heterocycles. The average Bonchev–Trinajstić information content (AvgIpc) is 2.42. The van der Waals surface area contributed by atoms with Crippen molar-refractivity contribution in [1.82, 2.24) is 9.55 Å². The van der Waals surface area contributed by atoms with Crippen molar-refractivity contribution in [3.63, 3.8) is 0 Å². The van der Waals surface area contributed by atoms with Crippen LogP contribution in [-0.4, -0.2) is 14.7 Å². The highest BCUT2D eigenvalue weighted by Gasteiger charge is 2.24. The number of phenols is 1. The van der Waals surface area contributed by atoms with Crippen LogP contribution in [0.4, 0.5) is 5.95 Å². The minimum absolute atomic E-state index is 0.267. The van der Waals surface area contributed by atoms with Crippen LogP contribution in [0.5, 0.6) is 5.75 Å². The maximum atomic E-state index is 9.82. The van der Waals surface area contributed by atoms with Gasteiger partial charge in [0.05, 0.1) is 5.52 Å². The highest BCUT2D eigenvalue weighted by Crippen LogP contribution is 2.38. The summed E-state index contributed by atoms with van der Waals surface area (Å²) in [5, 5.41) is 9.82. The fourth-order valence-electron chi connectivity index (χ4n) is 2.16. The fraction of sp³-hybridized carbons (Fsp3) is 0.364. The van der Waals surface area contributed by atoms with Crippen LogP contribution >= 0.6 is 0 Å². The lowest BCUT2D eigenvalue weighted by atomic mass is 9.93. The van der Waals surface area contributed by atoms with Gasteiger partial charge in [0, 0.05) is 6.04 Å². The molecule has 0 saturated heterocycles. The topological polar surface area (TPSA) is 64.1 Å². The second-order valence-electron chi connectivity index (χ2n) is 4.07. The third-order valence-electron chi connectivity index (χ3n) is 3.16. The van der Waals surface area contributed by atoms with Crippen molar-refractivity contribution in [3.8, 4) is 5.75 Å². The Morgan fingerprint density at radius 1 is 1.40 bits per heavy atom. The van der Waals surface area contributed by atoms with Crippen LogP contribution in [0.25, 0.3) is 11.0 Å². The second-order valence-corrected chi connectivity index (χ2v) is 4.07. The Morgan fingerprint density at radius 3 is 2.87 bits per heavy atom. The van der Waals surface area contributed by atoms with Gasteiger partial charge in [-0.3, -0.25) is 0 Å². The minimum Gasteiger partial charge on any atom is -0.506 e. The fourth-order valence-corrected chi connectivity index (χ4v) is 2.16. The molecule has 15 heavy (non-hydrogen) atoms. The SMILES string of the molecule is Nc1nc2cccc(O)c2n1C1CCC1. The van der Waals surface area contributed by atoms with Gasteiger partial charge in [-0.15, -0.1) is 0 Å². The van der Waals surface area contributed by atoms with Crippen molar-refractivity contribution in [3.05, 3.63) is 18.2 Å². The molecule has 1 aliphatic rings. The summed E-state index contributed by atoms with van der Waals surface area (Å²) in [5.41, 5.74) is 7.43. The van der Waals surface area contributed by atoms with Crippen LogP contribution in [-0.2, 0) is 0 Å². The number of para-hydroxylation sites is 1. The van der Waals surface area contributed by atoms with E-state index in [9.17, 15) is 5.11 Å². The number of phenolic OH excluding ortho intramolecular Hbond substituents is 1. The van der Waals surface area contributed by atoms with Gasteiger partial charge in [-0.1, -0.05) is 6.07 Å². The van der Waals surface area contributed by atoms with Gasteiger partial charge in [0.1, 0.15) is 11.3 Å². The van der Waals surface area contributed by atoms with E-state index < -0.39 is 0 Å². The summed E-state index contributed by atoms with van der Waals surface area (Å²) in [6, 6.07) is 5.76. The van der Waals surface area contributed by atoms with E-state index in [1.807, 2.05) is 10.6 Å². The van der Waals surface area contributed by atoms with Crippen molar-refractivity contribution in [2.45, 2.75) is 25.3 Å². The first-order chi connectivity index (χ1) is 7.27. The van der Waals surface area contributed by atoms with Crippen LogP contribution in [0.15, 0.2) is 18.2 Å². The summed E-state index contributed by atoms with van der Waals surface area (Å²) in [7, 11) is 0. The lowest BCUT2D eigenvalue weighted by Gasteiger charge is -2.28. The van der Waals surface area contributed by atoms with Crippen molar-refractivity contribution >= 4 is 17.0 Å². The van der Waals surface area contributed by atoms with Crippen molar-refractivity contribution < 1.29 is 5.11 Å². The number of nitrogen functional groups attached to an aromatic ring is 1. The Bertz CT molecular complexity index is 514. The summed E-state index contributed by atoms with van der Waals surface area (Å²) >= 11 is 0. The second kappa shape index (κ2) is 2.89. The molecule has 0 amide bonds. The molecular formula is C11H13N3O. The molecule has 3 N–H and O–H groups in total. The number of aromatic nitrogens is 2. The zero-order valence-corrected chi connectivity index (χ0v) is 8.35. The first kappa shape index (κ1) is 8.59. The molecule has 0 aliphatic heterocycles. The van der Waals surface area contributed by atoms with Gasteiger partial charge >= 0.3 is 0 Å². The molecule has 0 unspecified atom stereocenters. The summed E-state index contributed by atoms with van der Waals surface area (Å²) in [5.74, 6) is 0.778. The third-order valence-corrected chi connectivity index (χ3v) is 3.16. The largest absolute Gasteiger partial charge is 0.506 e. The number of nitrogens with zero attached hydrogens (tertiary/aromatic N) is 2. The quantitative estimate of drug-likeness (QED) is 0.745. The number of anilines is 1. The van der Waals surface area contributed by atoms with Gasteiger partial charge in [-0.25, -0.2) is 4.98 Å². The summed E-state index contributed by atoms with van der Waals surface area (Å²) < 4.78 is 1.97. The van der Waals surface area contributed by atoms with Gasteiger partial charge in [0.25, 0.3) is 0 Å². The van der Waals surface area contributed by atoms with E-state index in [0.717, 1.165) is 23.9 Å². The normalized spacial score (nSPS) is 16.8. The molecule has 0 atom stereocenters. The highest BCUT2D eigenvalue weighted by molar-refractivity contribution is 5.84. The summed E-state index contributed by atoms with van der Waals surface area (Å²) in [6.45, 7) is 0. The van der Waals surface area contributed by atoms with Gasteiger partial charge in [-0.2, -0.15) is 0 Å². The van der Waals surface area contributed by atoms with Crippen LogP contribution in [0.3, 0.4) is 0 Å². The zero-order chi connectivity index (χ0) is 10.4. The Hall–Kier alpha value is -1.71. The van der Waals surface area contributed by atoms with Gasteiger partial charge in [0.15, 0.2) is 0 Å². The zero-order valence-electron chi connectivity index (χ0n) is 8.35. The van der Waals surface area contributed by atoms with Crippen LogP contribution in [0.2, 0.25) is 0 Å². The number of hydrogen-bond donors (Lipinski definition) is 2. The monoisotopic (exact) mass is 203 g/mol. The number of hydrogen-bond acceptors (Lipinski definition) is 3. The molecule has 1 fully saturated rings. The molecule has 4 nitrogen and oxygen atoms in total. The summed E-state index contributed by atoms with van der Waals surface area (Å²) in [4.78, 5) is 4.26. The van der Waals surface area contributed by atoms with Crippen LogP contribution in [0.1, 0.15) is 25.3 Å². The maximum absolute atomic E-state index is 9.82. The number of rotatable bonds is 1. The van der Waals surface area contributed by atoms with E-state index in [1.54, 1.807) is 12.1 Å². The molecule has 1 saturated carbocycles. The Kier molecular flexibility index (Phi) is 1.65. The number of fused-ring (bicyclic) bond motifs is 1. The molecule has 3 rings (SSSR count). The highest BCUT2D eigenvalue weighted by atomic mass is 16.3.